The van der Waals surface area contributed by atoms with Crippen LogP contribution in [0.15, 0.2) is 18.2 Å². The van der Waals surface area contributed by atoms with Crippen molar-refractivity contribution in [2.45, 2.75) is 36.8 Å². The number of nitrogens with zero attached hydrogens (tertiary/aromatic N) is 2. The van der Waals surface area contributed by atoms with Gasteiger partial charge in [-0.2, -0.15) is 0 Å². The van der Waals surface area contributed by atoms with Gasteiger partial charge < -0.3 is 19.1 Å². The molecule has 1 aromatic carbocycles. The van der Waals surface area contributed by atoms with E-state index < -0.39 is 0 Å². The summed E-state index contributed by atoms with van der Waals surface area (Å²) in [5, 5.41) is 0. The maximum Gasteiger partial charge on any atom is 0.230 e. The molecule has 0 bridgehead atoms. The topological polar surface area (TPSA) is 51.2 Å². The largest absolute Gasteiger partial charge is 0.496 e. The third-order valence-corrected chi connectivity index (χ3v) is 7.13. The van der Waals surface area contributed by atoms with Crippen LogP contribution in [0.4, 0.5) is 4.39 Å². The van der Waals surface area contributed by atoms with E-state index in [1.165, 1.54) is 12.1 Å². The van der Waals surface area contributed by atoms with Crippen molar-refractivity contribution < 1.29 is 23.4 Å². The fraction of sp³-hybridized carbons (Fsp3) is 0.682. The maximum absolute atomic E-state index is 13.5. The van der Waals surface area contributed by atoms with Crippen LogP contribution in [0.3, 0.4) is 0 Å². The Balaban J connectivity index is 1.13. The van der Waals surface area contributed by atoms with Gasteiger partial charge in [-0.25, -0.2) is 4.39 Å². The predicted molar refractivity (Wildman–Crippen MR) is 104 cm³/mol. The summed E-state index contributed by atoms with van der Waals surface area (Å²) in [5.74, 6) is 1.09. The number of amides is 1. The predicted octanol–water partition coefficient (Wildman–Crippen LogP) is 2.03. The van der Waals surface area contributed by atoms with Gasteiger partial charge in [-0.15, -0.1) is 0 Å². The standard InChI is InChI=1S/C22H29FN2O4/c1-27-20-8-17(23)2-3-19(20)15-4-6-24(7-5-15)18-9-22(29-12-18)13-25(14-22)21(26)16-10-28-11-16/h2-3,8,15-16,18H,4-7,9-14H2,1H3/t18-/m0/s1. The lowest BCUT2D eigenvalue weighted by Gasteiger charge is -2.49. The highest BCUT2D eigenvalue weighted by Gasteiger charge is 2.53. The molecule has 0 unspecified atom stereocenters. The number of halogens is 1. The minimum atomic E-state index is -0.255. The molecule has 0 aromatic heterocycles. The van der Waals surface area contributed by atoms with Gasteiger partial charge in [-0.3, -0.25) is 9.69 Å². The summed E-state index contributed by atoms with van der Waals surface area (Å²) in [4.78, 5) is 16.8. The van der Waals surface area contributed by atoms with Crippen LogP contribution in [0.25, 0.3) is 0 Å². The smallest absolute Gasteiger partial charge is 0.230 e. The summed E-state index contributed by atoms with van der Waals surface area (Å²) < 4.78 is 30.2. The highest BCUT2D eigenvalue weighted by atomic mass is 19.1. The van der Waals surface area contributed by atoms with Crippen molar-refractivity contribution in [2.75, 3.05) is 53.1 Å². The number of benzene rings is 1. The lowest BCUT2D eigenvalue weighted by molar-refractivity contribution is -0.173. The van der Waals surface area contributed by atoms with E-state index in [0.29, 0.717) is 30.9 Å². The van der Waals surface area contributed by atoms with Crippen LogP contribution in [-0.4, -0.2) is 80.5 Å². The van der Waals surface area contributed by atoms with E-state index in [1.807, 2.05) is 11.0 Å². The highest BCUT2D eigenvalue weighted by molar-refractivity contribution is 5.81. The zero-order valence-electron chi connectivity index (χ0n) is 16.9. The molecule has 1 amide bonds. The average Bonchev–Trinajstić information content (AvgIpc) is 3.11. The molecule has 0 aliphatic carbocycles. The molecule has 4 aliphatic heterocycles. The van der Waals surface area contributed by atoms with E-state index in [2.05, 4.69) is 4.90 Å². The number of carbonyl (C=O) groups is 1. The summed E-state index contributed by atoms with van der Waals surface area (Å²) >= 11 is 0. The second-order valence-corrected chi connectivity index (χ2v) is 8.98. The molecule has 0 N–H and O–H groups in total. The van der Waals surface area contributed by atoms with Crippen molar-refractivity contribution in [1.82, 2.24) is 9.80 Å². The number of ether oxygens (including phenoxy) is 3. The van der Waals surface area contributed by atoms with Gasteiger partial charge in [0.25, 0.3) is 0 Å². The molecular formula is C22H29FN2O4. The summed E-state index contributed by atoms with van der Waals surface area (Å²) in [7, 11) is 1.60. The molecule has 7 heteroatoms. The Bertz CT molecular complexity index is 770. The van der Waals surface area contributed by atoms with Crippen molar-refractivity contribution >= 4 is 5.91 Å². The van der Waals surface area contributed by atoms with Crippen molar-refractivity contribution in [2.24, 2.45) is 5.92 Å². The van der Waals surface area contributed by atoms with Crippen LogP contribution in [0.2, 0.25) is 0 Å². The first-order valence-electron chi connectivity index (χ1n) is 10.6. The number of methoxy groups -OCH3 is 1. The molecule has 0 saturated carbocycles. The van der Waals surface area contributed by atoms with Gasteiger partial charge in [0.1, 0.15) is 17.2 Å². The van der Waals surface area contributed by atoms with Crippen LogP contribution in [0.1, 0.15) is 30.7 Å². The fourth-order valence-corrected chi connectivity index (χ4v) is 5.31. The highest BCUT2D eigenvalue weighted by Crippen LogP contribution is 2.40. The molecule has 4 aliphatic rings. The minimum Gasteiger partial charge on any atom is -0.496 e. The quantitative estimate of drug-likeness (QED) is 0.769. The van der Waals surface area contributed by atoms with Crippen LogP contribution < -0.4 is 4.74 Å². The summed E-state index contributed by atoms with van der Waals surface area (Å²) in [6, 6.07) is 5.30. The SMILES string of the molecule is COc1cc(F)ccc1C1CCN([C@@H]2COC3(C2)CN(C(=O)C2COC2)C3)CC1. The minimum absolute atomic E-state index is 0.0621. The Morgan fingerprint density at radius 3 is 2.62 bits per heavy atom. The van der Waals surface area contributed by atoms with E-state index in [1.54, 1.807) is 7.11 Å². The molecule has 1 spiro atoms. The molecular weight excluding hydrogens is 375 g/mol. The van der Waals surface area contributed by atoms with E-state index in [-0.39, 0.29) is 23.2 Å². The van der Waals surface area contributed by atoms with Crippen LogP contribution in [0, 0.1) is 11.7 Å². The first-order valence-corrected chi connectivity index (χ1v) is 10.6. The van der Waals surface area contributed by atoms with Crippen molar-refractivity contribution in [1.29, 1.82) is 0 Å². The molecule has 1 atom stereocenters. The maximum atomic E-state index is 13.5. The van der Waals surface area contributed by atoms with E-state index in [9.17, 15) is 9.18 Å². The first kappa shape index (κ1) is 19.3. The second kappa shape index (κ2) is 7.52. The van der Waals surface area contributed by atoms with Gasteiger partial charge in [-0.1, -0.05) is 6.07 Å². The molecule has 0 radical (unpaired) electrons. The van der Waals surface area contributed by atoms with Gasteiger partial charge in [0, 0.05) is 12.1 Å². The van der Waals surface area contributed by atoms with E-state index in [4.69, 9.17) is 14.2 Å². The number of hydrogen-bond donors (Lipinski definition) is 0. The normalized spacial score (nSPS) is 27.7. The molecule has 6 nitrogen and oxygen atoms in total. The summed E-state index contributed by atoms with van der Waals surface area (Å²) in [6.45, 7) is 5.36. The summed E-state index contributed by atoms with van der Waals surface area (Å²) in [5.41, 5.74) is 0.975. The molecule has 5 rings (SSSR count). The Kier molecular flexibility index (Phi) is 5.00. The Labute approximate surface area is 170 Å². The van der Waals surface area contributed by atoms with Crippen molar-refractivity contribution in [3.63, 3.8) is 0 Å². The lowest BCUT2D eigenvalue weighted by atomic mass is 9.85. The fourth-order valence-electron chi connectivity index (χ4n) is 5.31. The van der Waals surface area contributed by atoms with Gasteiger partial charge in [0.05, 0.1) is 45.9 Å². The van der Waals surface area contributed by atoms with Crippen molar-refractivity contribution in [3.05, 3.63) is 29.6 Å². The van der Waals surface area contributed by atoms with Crippen LogP contribution >= 0.6 is 0 Å². The first-order chi connectivity index (χ1) is 14.1. The van der Waals surface area contributed by atoms with Crippen LogP contribution in [-0.2, 0) is 14.3 Å². The van der Waals surface area contributed by atoms with Gasteiger partial charge >= 0.3 is 0 Å². The number of carbonyl (C=O) groups excluding carboxylic acids is 1. The monoisotopic (exact) mass is 404 g/mol. The zero-order chi connectivity index (χ0) is 20.0. The lowest BCUT2D eigenvalue weighted by Crippen LogP contribution is -2.65. The number of piperidine rings is 1. The number of rotatable bonds is 4. The molecule has 1 aromatic rings. The van der Waals surface area contributed by atoms with E-state index in [0.717, 1.165) is 57.6 Å². The van der Waals surface area contributed by atoms with Crippen LogP contribution in [0.5, 0.6) is 5.75 Å². The molecule has 158 valence electrons. The number of hydrogen-bond acceptors (Lipinski definition) is 5. The average molecular weight is 404 g/mol. The Morgan fingerprint density at radius 1 is 1.21 bits per heavy atom. The Morgan fingerprint density at radius 2 is 1.97 bits per heavy atom. The third kappa shape index (κ3) is 3.53. The Hall–Kier alpha value is -1.70. The second-order valence-electron chi connectivity index (χ2n) is 8.98. The number of likely N-dealkylation sites (tertiary alicyclic amines) is 2. The molecule has 4 saturated heterocycles. The zero-order valence-corrected chi connectivity index (χ0v) is 16.9. The molecule has 29 heavy (non-hydrogen) atoms. The van der Waals surface area contributed by atoms with Gasteiger partial charge in [0.2, 0.25) is 5.91 Å². The van der Waals surface area contributed by atoms with Crippen molar-refractivity contribution in [3.8, 4) is 5.75 Å². The summed E-state index contributed by atoms with van der Waals surface area (Å²) in [6.07, 6.45) is 3.08. The molecule has 4 heterocycles. The van der Waals surface area contributed by atoms with Gasteiger partial charge in [0.15, 0.2) is 0 Å². The third-order valence-electron chi connectivity index (χ3n) is 7.13. The van der Waals surface area contributed by atoms with Gasteiger partial charge in [-0.05, 0) is 49.9 Å². The molecule has 4 fully saturated rings. The van der Waals surface area contributed by atoms with E-state index >= 15 is 0 Å².